The molecule has 0 bridgehead atoms. The zero-order chi connectivity index (χ0) is 8.39. The third kappa shape index (κ3) is 1.18. The Morgan fingerprint density at radius 1 is 1.42 bits per heavy atom. The number of rotatable bonds is 2. The van der Waals surface area contributed by atoms with Crippen LogP contribution in [0.2, 0.25) is 0 Å². The molecule has 64 valence electrons. The van der Waals surface area contributed by atoms with Crippen LogP contribution in [0, 0.1) is 5.92 Å². The molecule has 2 aliphatic rings. The molecular formula is C10H13NO. The van der Waals surface area contributed by atoms with Gasteiger partial charge in [0.2, 0.25) is 0 Å². The van der Waals surface area contributed by atoms with E-state index in [1.165, 1.54) is 5.57 Å². The van der Waals surface area contributed by atoms with Gasteiger partial charge in [0, 0.05) is 5.92 Å². The molecule has 0 saturated carbocycles. The monoisotopic (exact) mass is 163 g/mol. The Kier molecular flexibility index (Phi) is 2.00. The molecule has 0 amide bonds. The van der Waals surface area contributed by atoms with Crippen LogP contribution in [-0.2, 0) is 4.74 Å². The van der Waals surface area contributed by atoms with Gasteiger partial charge in [0.15, 0.2) is 0 Å². The van der Waals surface area contributed by atoms with E-state index < -0.39 is 0 Å². The van der Waals surface area contributed by atoms with Crippen LogP contribution in [0.4, 0.5) is 0 Å². The van der Waals surface area contributed by atoms with Crippen LogP contribution in [0.15, 0.2) is 36.1 Å². The number of fused-ring (bicyclic) bond motifs is 1. The zero-order valence-corrected chi connectivity index (χ0v) is 6.94. The molecule has 1 aliphatic carbocycles. The van der Waals surface area contributed by atoms with E-state index in [2.05, 4.69) is 24.3 Å². The van der Waals surface area contributed by atoms with Gasteiger partial charge in [-0.1, -0.05) is 18.2 Å². The molecule has 0 spiro atoms. The third-order valence-corrected chi connectivity index (χ3v) is 2.32. The minimum atomic E-state index is 0.235. The first-order valence-electron chi connectivity index (χ1n) is 4.31. The maximum atomic E-state index is 5.50. The summed E-state index contributed by atoms with van der Waals surface area (Å²) in [6.45, 7) is 0.701. The van der Waals surface area contributed by atoms with Crippen molar-refractivity contribution in [1.82, 2.24) is 0 Å². The maximum Gasteiger partial charge on any atom is 0.129 e. The lowest BCUT2D eigenvalue weighted by Gasteiger charge is -2.21. The first-order valence-corrected chi connectivity index (χ1v) is 4.31. The predicted molar refractivity (Wildman–Crippen MR) is 48.4 cm³/mol. The van der Waals surface area contributed by atoms with Crippen LogP contribution in [0.5, 0.6) is 0 Å². The van der Waals surface area contributed by atoms with Crippen molar-refractivity contribution < 1.29 is 4.74 Å². The van der Waals surface area contributed by atoms with Crippen molar-refractivity contribution in [2.45, 2.75) is 12.5 Å². The molecule has 0 aromatic rings. The molecule has 1 aliphatic heterocycles. The Morgan fingerprint density at radius 2 is 2.33 bits per heavy atom. The first kappa shape index (κ1) is 7.62. The minimum Gasteiger partial charge on any atom is -0.493 e. The van der Waals surface area contributed by atoms with E-state index in [1.54, 1.807) is 6.26 Å². The summed E-state index contributed by atoms with van der Waals surface area (Å²) in [5.74, 6) is 0.441. The fraction of sp³-hybridized carbons (Fsp3) is 0.400. The molecule has 0 radical (unpaired) electrons. The van der Waals surface area contributed by atoms with Gasteiger partial charge >= 0.3 is 0 Å². The minimum absolute atomic E-state index is 0.235. The van der Waals surface area contributed by atoms with Crippen molar-refractivity contribution in [3.63, 3.8) is 0 Å². The fourth-order valence-corrected chi connectivity index (χ4v) is 1.71. The number of allylic oxidation sites excluding steroid dienone is 2. The second-order valence-electron chi connectivity index (χ2n) is 3.13. The topological polar surface area (TPSA) is 35.2 Å². The number of hydrogen-bond acceptors (Lipinski definition) is 2. The van der Waals surface area contributed by atoms with E-state index in [9.17, 15) is 0 Å². The van der Waals surface area contributed by atoms with Gasteiger partial charge in [-0.3, -0.25) is 0 Å². The summed E-state index contributed by atoms with van der Waals surface area (Å²) in [5.41, 5.74) is 6.82. The third-order valence-electron chi connectivity index (χ3n) is 2.32. The van der Waals surface area contributed by atoms with E-state index in [1.807, 2.05) is 0 Å². The van der Waals surface area contributed by atoms with E-state index in [0.717, 1.165) is 6.42 Å². The van der Waals surface area contributed by atoms with E-state index in [0.29, 0.717) is 12.5 Å². The zero-order valence-electron chi connectivity index (χ0n) is 6.94. The molecular weight excluding hydrogens is 150 g/mol. The summed E-state index contributed by atoms with van der Waals surface area (Å²) in [4.78, 5) is 0. The quantitative estimate of drug-likeness (QED) is 0.667. The van der Waals surface area contributed by atoms with E-state index in [-0.39, 0.29) is 6.10 Å². The molecule has 0 fully saturated rings. The molecule has 2 atom stereocenters. The highest BCUT2D eigenvalue weighted by Gasteiger charge is 2.27. The van der Waals surface area contributed by atoms with Gasteiger partial charge in [-0.05, 0) is 24.6 Å². The second kappa shape index (κ2) is 3.15. The van der Waals surface area contributed by atoms with E-state index >= 15 is 0 Å². The summed E-state index contributed by atoms with van der Waals surface area (Å²) in [7, 11) is 0. The molecule has 2 rings (SSSR count). The molecule has 2 nitrogen and oxygen atoms in total. The van der Waals surface area contributed by atoms with E-state index in [4.69, 9.17) is 10.5 Å². The van der Waals surface area contributed by atoms with Gasteiger partial charge in [-0.2, -0.15) is 0 Å². The summed E-state index contributed by atoms with van der Waals surface area (Å²) < 4.78 is 5.47. The maximum absolute atomic E-state index is 5.50. The highest BCUT2D eigenvalue weighted by Crippen LogP contribution is 2.29. The number of hydrogen-bond donors (Lipinski definition) is 1. The van der Waals surface area contributed by atoms with Gasteiger partial charge in [-0.15, -0.1) is 0 Å². The van der Waals surface area contributed by atoms with Crippen molar-refractivity contribution >= 4 is 0 Å². The standard InChI is InChI=1S/C10H13NO/c11-6-4-8-2-1-3-9-5-7-12-10(8)9/h1-3,5,7,9-10H,4,6,11H2. The SMILES string of the molecule is NCCC1=CC=CC2C=COC12. The Morgan fingerprint density at radius 3 is 3.17 bits per heavy atom. The first-order chi connectivity index (χ1) is 5.92. The molecule has 2 N–H and O–H groups in total. The van der Waals surface area contributed by atoms with Crippen LogP contribution < -0.4 is 5.73 Å². The van der Waals surface area contributed by atoms with Crippen LogP contribution in [0.1, 0.15) is 6.42 Å². The average molecular weight is 163 g/mol. The van der Waals surface area contributed by atoms with Gasteiger partial charge in [-0.25, -0.2) is 0 Å². The summed E-state index contributed by atoms with van der Waals surface area (Å²) >= 11 is 0. The molecule has 1 heterocycles. The van der Waals surface area contributed by atoms with Gasteiger partial charge in [0.25, 0.3) is 0 Å². The molecule has 0 aromatic carbocycles. The predicted octanol–water partition coefficient (Wildman–Crippen LogP) is 1.36. The molecule has 0 saturated heterocycles. The summed E-state index contributed by atoms with van der Waals surface area (Å²) in [6, 6.07) is 0. The summed E-state index contributed by atoms with van der Waals surface area (Å²) in [5, 5.41) is 0. The average Bonchev–Trinajstić information content (AvgIpc) is 2.53. The van der Waals surface area contributed by atoms with Crippen LogP contribution >= 0.6 is 0 Å². The normalized spacial score (nSPS) is 31.2. The fourth-order valence-electron chi connectivity index (χ4n) is 1.71. The van der Waals surface area contributed by atoms with Crippen molar-refractivity contribution in [1.29, 1.82) is 0 Å². The largest absolute Gasteiger partial charge is 0.493 e. The van der Waals surface area contributed by atoms with Gasteiger partial charge in [0.1, 0.15) is 6.10 Å². The van der Waals surface area contributed by atoms with Gasteiger partial charge in [0.05, 0.1) is 6.26 Å². The number of ether oxygens (including phenoxy) is 1. The molecule has 0 aromatic heterocycles. The van der Waals surface area contributed by atoms with Crippen LogP contribution in [0.3, 0.4) is 0 Å². The Balaban J connectivity index is 2.13. The Hall–Kier alpha value is -1.02. The molecule has 2 heteroatoms. The lowest BCUT2D eigenvalue weighted by molar-refractivity contribution is 0.177. The van der Waals surface area contributed by atoms with Crippen LogP contribution in [0.25, 0.3) is 0 Å². The van der Waals surface area contributed by atoms with Crippen molar-refractivity contribution in [2.75, 3.05) is 6.54 Å². The molecule has 12 heavy (non-hydrogen) atoms. The Bertz CT molecular complexity index is 253. The summed E-state index contributed by atoms with van der Waals surface area (Å²) in [6.07, 6.45) is 11.4. The Labute approximate surface area is 72.4 Å². The van der Waals surface area contributed by atoms with Crippen molar-refractivity contribution in [2.24, 2.45) is 11.7 Å². The smallest absolute Gasteiger partial charge is 0.129 e. The van der Waals surface area contributed by atoms with Crippen molar-refractivity contribution in [3.8, 4) is 0 Å². The number of nitrogens with two attached hydrogens (primary N) is 1. The highest BCUT2D eigenvalue weighted by molar-refractivity contribution is 5.29. The van der Waals surface area contributed by atoms with Gasteiger partial charge < -0.3 is 10.5 Å². The highest BCUT2D eigenvalue weighted by atomic mass is 16.5. The second-order valence-corrected chi connectivity index (χ2v) is 3.13. The lowest BCUT2D eigenvalue weighted by Crippen LogP contribution is -2.21. The van der Waals surface area contributed by atoms with Crippen LogP contribution in [-0.4, -0.2) is 12.6 Å². The lowest BCUT2D eigenvalue weighted by atomic mass is 9.90. The molecule has 2 unspecified atom stereocenters. The van der Waals surface area contributed by atoms with Crippen molar-refractivity contribution in [3.05, 3.63) is 36.1 Å².